The number of sulfonamides is 1. The first-order valence-electron chi connectivity index (χ1n) is 11.2. The number of ether oxygens (including phenoxy) is 2. The van der Waals surface area contributed by atoms with Crippen molar-refractivity contribution in [3.63, 3.8) is 0 Å². The molecule has 1 fully saturated rings. The lowest BCUT2D eigenvalue weighted by molar-refractivity contribution is 0.361. The first kappa shape index (κ1) is 22.0. The van der Waals surface area contributed by atoms with Gasteiger partial charge in [-0.3, -0.25) is 0 Å². The van der Waals surface area contributed by atoms with Gasteiger partial charge in [-0.2, -0.15) is 0 Å². The van der Waals surface area contributed by atoms with E-state index in [1.165, 1.54) is 7.11 Å². The lowest BCUT2D eigenvalue weighted by Crippen LogP contribution is -2.38. The van der Waals surface area contributed by atoms with Gasteiger partial charge in [0.2, 0.25) is 0 Å². The summed E-state index contributed by atoms with van der Waals surface area (Å²) < 4.78 is 38.9. The Hall–Kier alpha value is -2.81. The van der Waals surface area contributed by atoms with Gasteiger partial charge in [-0.05, 0) is 55.7 Å². The molecule has 8 heteroatoms. The van der Waals surface area contributed by atoms with E-state index in [0.717, 1.165) is 46.9 Å². The number of nitrogens with zero attached hydrogens (tertiary/aromatic N) is 3. The summed E-state index contributed by atoms with van der Waals surface area (Å²) in [4.78, 5) is 10.1. The summed E-state index contributed by atoms with van der Waals surface area (Å²) in [7, 11) is -0.468. The number of aromatic nitrogens is 2. The fourth-order valence-electron chi connectivity index (χ4n) is 4.26. The Balaban J connectivity index is 1.49. The molecule has 0 radical (unpaired) electrons. The molecule has 172 valence electrons. The molecule has 2 heterocycles. The van der Waals surface area contributed by atoms with E-state index in [0.29, 0.717) is 37.6 Å². The third-order valence-electron chi connectivity index (χ3n) is 6.30. The van der Waals surface area contributed by atoms with E-state index in [1.807, 2.05) is 24.3 Å². The van der Waals surface area contributed by atoms with E-state index in [1.54, 1.807) is 35.7 Å². The molecule has 1 atom stereocenters. The van der Waals surface area contributed by atoms with Crippen molar-refractivity contribution in [2.45, 2.75) is 36.5 Å². The van der Waals surface area contributed by atoms with Crippen molar-refractivity contribution in [2.24, 2.45) is 0 Å². The van der Waals surface area contributed by atoms with E-state index in [9.17, 15) is 8.76 Å². The summed E-state index contributed by atoms with van der Waals surface area (Å²) in [6, 6.07) is 14.5. The zero-order chi connectivity index (χ0) is 23.0. The first-order chi connectivity index (χ1) is 16.0. The molecule has 1 aliphatic heterocycles. The first-order valence-corrected chi connectivity index (χ1v) is 12.6. The van der Waals surface area contributed by atoms with Crippen LogP contribution in [-0.2, 0) is 27.5 Å². The van der Waals surface area contributed by atoms with Crippen molar-refractivity contribution >= 4 is 10.4 Å². The summed E-state index contributed by atoms with van der Waals surface area (Å²) >= 11 is 0. The number of methoxy groups -OCH3 is 2. The van der Waals surface area contributed by atoms with Gasteiger partial charge >= 0.3 is 0 Å². The van der Waals surface area contributed by atoms with Crippen LogP contribution in [-0.4, -0.2) is 46.1 Å². The van der Waals surface area contributed by atoms with Crippen LogP contribution in [0.2, 0.25) is 0 Å². The van der Waals surface area contributed by atoms with Crippen LogP contribution in [0, 0.1) is 0 Å². The molecule has 2 aromatic carbocycles. The van der Waals surface area contributed by atoms with Gasteiger partial charge in [-0.25, -0.2) is 9.97 Å². The van der Waals surface area contributed by atoms with Crippen LogP contribution in [0.5, 0.6) is 11.5 Å². The van der Waals surface area contributed by atoms with Gasteiger partial charge in [0.1, 0.15) is 17.3 Å². The van der Waals surface area contributed by atoms with Gasteiger partial charge in [-0.1, -0.05) is 10.3 Å². The van der Waals surface area contributed by atoms with Crippen LogP contribution in [0.4, 0.5) is 0 Å². The fraction of sp³-hybridized carbons (Fsp3) is 0.360. The summed E-state index contributed by atoms with van der Waals surface area (Å²) in [5.41, 5.74) is 3.90. The summed E-state index contributed by atoms with van der Waals surface area (Å²) in [6.07, 6.45) is 3.34. The van der Waals surface area contributed by atoms with Crippen molar-refractivity contribution in [1.29, 1.82) is 0 Å². The number of fused-ring (bicyclic) bond motifs is 1. The molecule has 1 unspecified atom stereocenters. The van der Waals surface area contributed by atoms with Gasteiger partial charge in [-0.15, -0.1) is 4.31 Å². The summed E-state index contributed by atoms with van der Waals surface area (Å²) in [5, 5.41) is 0. The Labute approximate surface area is 195 Å². The predicted molar refractivity (Wildman–Crippen MR) is 125 cm³/mol. The number of hydrogen-bond donors (Lipinski definition) is 0. The second-order valence-corrected chi connectivity index (χ2v) is 10.4. The molecule has 33 heavy (non-hydrogen) atoms. The van der Waals surface area contributed by atoms with Crippen LogP contribution in [0.15, 0.2) is 53.4 Å². The van der Waals surface area contributed by atoms with Crippen LogP contribution >= 0.6 is 0 Å². The third-order valence-corrected chi connectivity index (χ3v) is 8.20. The number of hydrogen-bond acceptors (Lipinski definition) is 6. The van der Waals surface area contributed by atoms with Gasteiger partial charge in [0.05, 0.1) is 19.9 Å². The summed E-state index contributed by atoms with van der Waals surface area (Å²) in [5.74, 6) is 2.60. The second kappa shape index (κ2) is 8.85. The van der Waals surface area contributed by atoms with Crippen molar-refractivity contribution in [3.8, 4) is 22.8 Å². The maximum atomic E-state index is 13.4. The highest BCUT2D eigenvalue weighted by Crippen LogP contribution is 2.40. The van der Waals surface area contributed by atoms with E-state index in [2.05, 4.69) is 0 Å². The average Bonchev–Trinajstić information content (AvgIpc) is 3.70. The van der Waals surface area contributed by atoms with Crippen molar-refractivity contribution in [2.75, 3.05) is 27.3 Å². The standard InChI is InChI=1S/C25H27N3O4S/c1-31-19-10-8-17(9-11-19)24-22-12-14-28(15-13-23(22)26-25(27-24)18-6-7-18)33(29,30)21-5-3-4-20(16-21)32-2/h3-5,8-11,16,18H,6-7,12-15H2,1-2H3. The lowest BCUT2D eigenvalue weighted by Gasteiger charge is -2.26. The van der Waals surface area contributed by atoms with Gasteiger partial charge in [0.25, 0.3) is 0 Å². The highest BCUT2D eigenvalue weighted by molar-refractivity contribution is 7.95. The molecular formula is C25H27N3O4S. The average molecular weight is 466 g/mol. The van der Waals surface area contributed by atoms with E-state index in [4.69, 9.17) is 19.4 Å². The quantitative estimate of drug-likeness (QED) is 0.511. The molecule has 3 aromatic rings. The zero-order valence-electron chi connectivity index (χ0n) is 18.8. The molecule has 1 aromatic heterocycles. The molecule has 0 N–H and O–H groups in total. The Morgan fingerprint density at radius 3 is 2.39 bits per heavy atom. The van der Waals surface area contributed by atoms with Crippen LogP contribution in [0.1, 0.15) is 35.8 Å². The highest BCUT2D eigenvalue weighted by Gasteiger charge is 2.35. The lowest BCUT2D eigenvalue weighted by atomic mass is 10.0. The Kier molecular flexibility index (Phi) is 5.90. The van der Waals surface area contributed by atoms with Crippen molar-refractivity contribution in [1.82, 2.24) is 14.3 Å². The molecule has 5 rings (SSSR count). The minimum Gasteiger partial charge on any atom is -0.593 e. The maximum Gasteiger partial charge on any atom is 0.179 e. The normalized spacial score (nSPS) is 18.2. The zero-order valence-corrected chi connectivity index (χ0v) is 19.6. The topological polar surface area (TPSA) is 87.6 Å². The Morgan fingerprint density at radius 1 is 0.970 bits per heavy atom. The fourth-order valence-corrected chi connectivity index (χ4v) is 5.74. The molecular weight excluding hydrogens is 438 g/mol. The van der Waals surface area contributed by atoms with E-state index >= 15 is 0 Å². The number of benzene rings is 2. The number of rotatable bonds is 6. The largest absolute Gasteiger partial charge is 0.593 e. The SMILES string of the molecule is COc1ccc(-c2nc(C3CC3)nc3c2CCN([S+](=O)([O-])c2cccc(OC)c2)CC3)cc1. The molecule has 0 saturated heterocycles. The van der Waals surface area contributed by atoms with Crippen LogP contribution in [0.3, 0.4) is 0 Å². The van der Waals surface area contributed by atoms with Crippen LogP contribution < -0.4 is 9.47 Å². The van der Waals surface area contributed by atoms with E-state index < -0.39 is 10.4 Å². The van der Waals surface area contributed by atoms with Gasteiger partial charge < -0.3 is 14.0 Å². The molecule has 1 aliphatic carbocycles. The van der Waals surface area contributed by atoms with Crippen molar-refractivity contribution in [3.05, 3.63) is 65.6 Å². The smallest absolute Gasteiger partial charge is 0.179 e. The van der Waals surface area contributed by atoms with Crippen molar-refractivity contribution < 1.29 is 18.2 Å². The summed E-state index contributed by atoms with van der Waals surface area (Å²) in [6.45, 7) is 0.761. The Bertz CT molecular complexity index is 1210. The molecule has 1 saturated carbocycles. The predicted octanol–water partition coefficient (Wildman–Crippen LogP) is 4.04. The van der Waals surface area contributed by atoms with Crippen LogP contribution in [0.25, 0.3) is 11.3 Å². The molecule has 7 nitrogen and oxygen atoms in total. The van der Waals surface area contributed by atoms with E-state index in [-0.39, 0.29) is 4.90 Å². The maximum absolute atomic E-state index is 13.4. The van der Waals surface area contributed by atoms with Gasteiger partial charge in [0, 0.05) is 48.3 Å². The second-order valence-electron chi connectivity index (χ2n) is 8.44. The monoisotopic (exact) mass is 465 g/mol. The molecule has 0 spiro atoms. The minimum absolute atomic E-state index is 0.243. The minimum atomic E-state index is -3.65. The molecule has 2 aliphatic rings. The highest BCUT2D eigenvalue weighted by atomic mass is 32.3. The molecule has 0 amide bonds. The third kappa shape index (κ3) is 4.38. The van der Waals surface area contributed by atoms with Gasteiger partial charge in [0.15, 0.2) is 15.3 Å². The molecule has 0 bridgehead atoms. The Morgan fingerprint density at radius 2 is 1.70 bits per heavy atom.